The van der Waals surface area contributed by atoms with E-state index in [2.05, 4.69) is 11.9 Å². The Morgan fingerprint density at radius 2 is 2.17 bits per heavy atom. The Labute approximate surface area is 135 Å². The molecule has 5 heteroatoms. The highest BCUT2D eigenvalue weighted by atomic mass is 16.2. The molecule has 23 heavy (non-hydrogen) atoms. The lowest BCUT2D eigenvalue weighted by atomic mass is 10.1. The lowest BCUT2D eigenvalue weighted by Crippen LogP contribution is -2.37. The number of nitrogens with zero attached hydrogens (tertiary/aromatic N) is 3. The van der Waals surface area contributed by atoms with E-state index in [4.69, 9.17) is 0 Å². The second-order valence-electron chi connectivity index (χ2n) is 6.55. The van der Waals surface area contributed by atoms with E-state index in [-0.39, 0.29) is 17.5 Å². The monoisotopic (exact) mass is 313 g/mol. The van der Waals surface area contributed by atoms with Crippen LogP contribution in [0, 0.1) is 12.8 Å². The Bertz CT molecular complexity index is 792. The van der Waals surface area contributed by atoms with Crippen molar-refractivity contribution in [1.29, 1.82) is 0 Å². The van der Waals surface area contributed by atoms with Crippen LogP contribution in [0.1, 0.15) is 31.7 Å². The summed E-state index contributed by atoms with van der Waals surface area (Å²) < 4.78 is 1.54. The van der Waals surface area contributed by atoms with E-state index in [1.54, 1.807) is 12.4 Å². The van der Waals surface area contributed by atoms with Crippen LogP contribution in [0.3, 0.4) is 0 Å². The van der Waals surface area contributed by atoms with Gasteiger partial charge >= 0.3 is 0 Å². The van der Waals surface area contributed by atoms with Crippen molar-refractivity contribution in [2.75, 3.05) is 7.05 Å². The first-order valence-corrected chi connectivity index (χ1v) is 8.19. The predicted molar refractivity (Wildman–Crippen MR) is 90.3 cm³/mol. The van der Waals surface area contributed by atoms with Crippen molar-refractivity contribution in [2.45, 2.75) is 45.7 Å². The second-order valence-corrected chi connectivity index (χ2v) is 6.55. The highest BCUT2D eigenvalue weighted by Crippen LogP contribution is 2.34. The molecule has 0 spiro atoms. The summed E-state index contributed by atoms with van der Waals surface area (Å²) in [6.45, 7) is 4.41. The van der Waals surface area contributed by atoms with Gasteiger partial charge in [0.1, 0.15) is 0 Å². The standard InChI is InChI=1S/C18H23N3O2/c1-12-5-4-6-15-17(12)19-11-21(18(15)23)10-9-16(22)20(3)13(2)14-7-8-14/h4-6,11,13-14H,7-10H2,1-3H3/t13-/m0/s1. The van der Waals surface area contributed by atoms with Gasteiger partial charge in [-0.15, -0.1) is 0 Å². The molecule has 1 saturated carbocycles. The molecular formula is C18H23N3O2. The lowest BCUT2D eigenvalue weighted by Gasteiger charge is -2.25. The molecule has 0 N–H and O–H groups in total. The number of hydrogen-bond donors (Lipinski definition) is 0. The van der Waals surface area contributed by atoms with Crippen molar-refractivity contribution in [3.05, 3.63) is 40.4 Å². The Kier molecular flexibility index (Phi) is 4.20. The molecule has 3 rings (SSSR count). The number of aryl methyl sites for hydroxylation is 2. The maximum atomic E-state index is 12.5. The van der Waals surface area contributed by atoms with Crippen LogP contribution < -0.4 is 5.56 Å². The highest BCUT2D eigenvalue weighted by molar-refractivity contribution is 5.80. The largest absolute Gasteiger partial charge is 0.343 e. The van der Waals surface area contributed by atoms with E-state index < -0.39 is 0 Å². The van der Waals surface area contributed by atoms with Gasteiger partial charge < -0.3 is 4.90 Å². The molecule has 0 bridgehead atoms. The third kappa shape index (κ3) is 3.14. The summed E-state index contributed by atoms with van der Waals surface area (Å²) in [7, 11) is 1.86. The second kappa shape index (κ2) is 6.14. The van der Waals surface area contributed by atoms with Crippen molar-refractivity contribution in [3.8, 4) is 0 Å². The fraction of sp³-hybridized carbons (Fsp3) is 0.500. The number of hydrogen-bond acceptors (Lipinski definition) is 3. The van der Waals surface area contributed by atoms with E-state index in [1.165, 1.54) is 17.4 Å². The summed E-state index contributed by atoms with van der Waals surface area (Å²) in [5.74, 6) is 0.734. The van der Waals surface area contributed by atoms with E-state index in [1.807, 2.05) is 31.0 Å². The maximum Gasteiger partial charge on any atom is 0.261 e. The van der Waals surface area contributed by atoms with Crippen LogP contribution in [0.2, 0.25) is 0 Å². The van der Waals surface area contributed by atoms with Crippen molar-refractivity contribution in [2.24, 2.45) is 5.92 Å². The van der Waals surface area contributed by atoms with Gasteiger partial charge in [-0.2, -0.15) is 0 Å². The Morgan fingerprint density at radius 1 is 1.43 bits per heavy atom. The predicted octanol–water partition coefficient (Wildman–Crippen LogP) is 2.35. The first-order valence-electron chi connectivity index (χ1n) is 8.19. The summed E-state index contributed by atoms with van der Waals surface area (Å²) in [5, 5.41) is 0.611. The first kappa shape index (κ1) is 15.7. The molecule has 0 aliphatic heterocycles. The normalized spacial score (nSPS) is 15.6. The number of aromatic nitrogens is 2. The lowest BCUT2D eigenvalue weighted by molar-refractivity contribution is -0.132. The minimum Gasteiger partial charge on any atom is -0.343 e. The third-order valence-electron chi connectivity index (χ3n) is 4.93. The molecule has 1 aliphatic rings. The molecule has 122 valence electrons. The molecule has 1 fully saturated rings. The number of para-hydroxylation sites is 1. The van der Waals surface area contributed by atoms with Crippen LogP contribution in [0.15, 0.2) is 29.3 Å². The number of carbonyl (C=O) groups excluding carboxylic acids is 1. The van der Waals surface area contributed by atoms with Crippen LogP contribution in [0.25, 0.3) is 10.9 Å². The van der Waals surface area contributed by atoms with E-state index >= 15 is 0 Å². The van der Waals surface area contributed by atoms with Crippen molar-refractivity contribution in [3.63, 3.8) is 0 Å². The molecule has 0 saturated heterocycles. The SMILES string of the molecule is Cc1cccc2c(=O)n(CCC(=O)N(C)[C@@H](C)C3CC3)cnc12. The van der Waals surface area contributed by atoms with Crippen LogP contribution in [0.5, 0.6) is 0 Å². The van der Waals surface area contributed by atoms with Gasteiger partial charge in [0, 0.05) is 26.1 Å². The van der Waals surface area contributed by atoms with E-state index in [0.29, 0.717) is 24.3 Å². The highest BCUT2D eigenvalue weighted by Gasteiger charge is 2.32. The van der Waals surface area contributed by atoms with E-state index in [9.17, 15) is 9.59 Å². The van der Waals surface area contributed by atoms with E-state index in [0.717, 1.165) is 11.1 Å². The minimum absolute atomic E-state index is 0.0793. The fourth-order valence-corrected chi connectivity index (χ4v) is 3.01. The van der Waals surface area contributed by atoms with Crippen LogP contribution in [0.4, 0.5) is 0 Å². The zero-order valence-corrected chi connectivity index (χ0v) is 14.0. The summed E-state index contributed by atoms with van der Waals surface area (Å²) >= 11 is 0. The van der Waals surface area contributed by atoms with Gasteiger partial charge in [-0.25, -0.2) is 4.98 Å². The Morgan fingerprint density at radius 3 is 2.87 bits per heavy atom. The summed E-state index contributed by atoms with van der Waals surface area (Å²) in [6, 6.07) is 5.88. The average molecular weight is 313 g/mol. The zero-order chi connectivity index (χ0) is 16.6. The fourth-order valence-electron chi connectivity index (χ4n) is 3.01. The quantitative estimate of drug-likeness (QED) is 0.851. The van der Waals surface area contributed by atoms with Gasteiger partial charge in [-0.3, -0.25) is 14.2 Å². The summed E-state index contributed by atoms with van der Waals surface area (Å²) in [5.41, 5.74) is 1.64. The summed E-state index contributed by atoms with van der Waals surface area (Å²) in [6.07, 6.45) is 4.31. The van der Waals surface area contributed by atoms with Gasteiger partial charge in [0.15, 0.2) is 0 Å². The van der Waals surface area contributed by atoms with Gasteiger partial charge in [-0.05, 0) is 44.2 Å². The molecular weight excluding hydrogens is 290 g/mol. The van der Waals surface area contributed by atoms with Crippen LogP contribution in [-0.2, 0) is 11.3 Å². The molecule has 2 aromatic rings. The first-order chi connectivity index (χ1) is 11.0. The number of rotatable bonds is 5. The number of benzene rings is 1. The maximum absolute atomic E-state index is 12.5. The molecule has 1 heterocycles. The van der Waals surface area contributed by atoms with Gasteiger partial charge in [0.25, 0.3) is 5.56 Å². The topological polar surface area (TPSA) is 55.2 Å². The smallest absolute Gasteiger partial charge is 0.261 e. The van der Waals surface area contributed by atoms with Crippen molar-refractivity contribution in [1.82, 2.24) is 14.5 Å². The molecule has 1 aliphatic carbocycles. The molecule has 5 nitrogen and oxygen atoms in total. The van der Waals surface area contributed by atoms with Gasteiger partial charge in [0.2, 0.25) is 5.91 Å². The average Bonchev–Trinajstić information content (AvgIpc) is 3.38. The Balaban J connectivity index is 1.73. The van der Waals surface area contributed by atoms with Crippen molar-refractivity contribution >= 4 is 16.8 Å². The molecule has 1 aromatic carbocycles. The molecule has 1 aromatic heterocycles. The zero-order valence-electron chi connectivity index (χ0n) is 14.0. The van der Waals surface area contributed by atoms with Gasteiger partial charge in [0.05, 0.1) is 17.2 Å². The molecule has 1 atom stereocenters. The molecule has 1 amide bonds. The molecule has 0 radical (unpaired) electrons. The number of carbonyl (C=O) groups is 1. The van der Waals surface area contributed by atoms with Crippen molar-refractivity contribution < 1.29 is 4.79 Å². The van der Waals surface area contributed by atoms with Gasteiger partial charge in [-0.1, -0.05) is 12.1 Å². The third-order valence-corrected chi connectivity index (χ3v) is 4.93. The van der Waals surface area contributed by atoms with Crippen LogP contribution >= 0.6 is 0 Å². The van der Waals surface area contributed by atoms with Crippen LogP contribution in [-0.4, -0.2) is 33.4 Å². The number of fused-ring (bicyclic) bond motifs is 1. The minimum atomic E-state index is -0.0793. The number of amides is 1. The summed E-state index contributed by atoms with van der Waals surface area (Å²) in [4.78, 5) is 31.0. The Hall–Kier alpha value is -2.17. The molecule has 0 unspecified atom stereocenters.